The van der Waals surface area contributed by atoms with Crippen LogP contribution in [0.3, 0.4) is 0 Å². The molecule has 4 nitrogen and oxygen atoms in total. The van der Waals surface area contributed by atoms with Crippen molar-refractivity contribution in [2.75, 3.05) is 0 Å². The van der Waals surface area contributed by atoms with Gasteiger partial charge in [-0.05, 0) is 34.8 Å². The summed E-state index contributed by atoms with van der Waals surface area (Å²) >= 11 is 6.32. The monoisotopic (exact) mass is 440 g/mol. The van der Waals surface area contributed by atoms with Crippen LogP contribution in [0.25, 0.3) is 50.3 Å². The Kier molecular flexibility index (Phi) is 2.88. The summed E-state index contributed by atoms with van der Waals surface area (Å²) in [7, 11) is 0. The molecule has 0 atom stereocenters. The zero-order chi connectivity index (χ0) is 28.5. The summed E-state index contributed by atoms with van der Waals surface area (Å²) in [5, 5.41) is -0.347. The smallest absolute Gasteiger partial charge is 0.239 e. The van der Waals surface area contributed by atoms with E-state index >= 15 is 0 Å². The first-order chi connectivity index (χ1) is 19.1. The van der Waals surface area contributed by atoms with Crippen molar-refractivity contribution in [1.82, 2.24) is 19.5 Å². The fourth-order valence-corrected chi connectivity index (χ4v) is 3.79. The minimum atomic E-state index is -0.534. The van der Waals surface area contributed by atoms with Gasteiger partial charge in [0.05, 0.1) is 22.0 Å². The molecule has 4 aromatic carbocycles. The largest absolute Gasteiger partial charge is 0.278 e. The fourth-order valence-electron chi connectivity index (χ4n) is 3.63. The van der Waals surface area contributed by atoms with Crippen LogP contribution >= 0.6 is 11.6 Å². The molecule has 32 heavy (non-hydrogen) atoms. The van der Waals surface area contributed by atoms with Crippen LogP contribution < -0.4 is 0 Å². The van der Waals surface area contributed by atoms with Gasteiger partial charge in [-0.25, -0.2) is 0 Å². The lowest BCUT2D eigenvalue weighted by Gasteiger charge is -2.09. The van der Waals surface area contributed by atoms with Gasteiger partial charge in [0.15, 0.2) is 5.82 Å². The minimum absolute atomic E-state index is 0.0710. The van der Waals surface area contributed by atoms with Gasteiger partial charge >= 0.3 is 0 Å². The zero-order valence-corrected chi connectivity index (χ0v) is 17.1. The Morgan fingerprint density at radius 1 is 0.625 bits per heavy atom. The summed E-state index contributed by atoms with van der Waals surface area (Å²) in [6, 6.07) is 13.3. The van der Waals surface area contributed by atoms with Gasteiger partial charge in [-0.1, -0.05) is 90.9 Å². The van der Waals surface area contributed by atoms with E-state index in [1.165, 1.54) is 4.57 Å². The summed E-state index contributed by atoms with van der Waals surface area (Å²) in [5.41, 5.74) is 2.40. The third-order valence-corrected chi connectivity index (χ3v) is 5.25. The van der Waals surface area contributed by atoms with E-state index in [1.54, 1.807) is 0 Å². The number of halogens is 1. The number of rotatable bonds is 3. The highest BCUT2D eigenvalue weighted by molar-refractivity contribution is 6.28. The molecule has 6 aromatic rings. The Bertz CT molecular complexity index is 1920. The quantitative estimate of drug-likeness (QED) is 0.299. The average Bonchev–Trinajstić information content (AvgIpc) is 3.33. The number of benzene rings is 4. The second-order valence-corrected chi connectivity index (χ2v) is 7.29. The maximum Gasteiger partial charge on any atom is 0.239 e. The standard InChI is InChI=1S/C27H17ClN4/c28-26-29-25(20-16-14-19(15-17-20)18-8-2-1-3-9-18)30-27(31-26)32-23-12-6-4-10-21(23)22-11-5-7-13-24(22)32/h1-17H/i4D,5D,6D,7D,10D,11D,12D,13D. The molecule has 152 valence electrons. The molecule has 2 heterocycles. The Hall–Kier alpha value is -4.02. The van der Waals surface area contributed by atoms with Crippen molar-refractivity contribution in [2.24, 2.45) is 0 Å². The Morgan fingerprint density at radius 2 is 1.19 bits per heavy atom. The summed E-state index contributed by atoms with van der Waals surface area (Å²) in [5.74, 6) is 0.0171. The highest BCUT2D eigenvalue weighted by Crippen LogP contribution is 2.31. The summed E-state index contributed by atoms with van der Waals surface area (Å²) in [6.07, 6.45) is 0. The highest BCUT2D eigenvalue weighted by atomic mass is 35.5. The van der Waals surface area contributed by atoms with Crippen molar-refractivity contribution in [2.45, 2.75) is 0 Å². The van der Waals surface area contributed by atoms with E-state index in [0.717, 1.165) is 11.1 Å². The van der Waals surface area contributed by atoms with Gasteiger partial charge in [-0.3, -0.25) is 4.57 Å². The van der Waals surface area contributed by atoms with Crippen molar-refractivity contribution in [3.63, 3.8) is 0 Å². The first-order valence-corrected chi connectivity index (χ1v) is 10.1. The van der Waals surface area contributed by atoms with Crippen LogP contribution in [0.1, 0.15) is 11.0 Å². The molecule has 0 aliphatic carbocycles. The summed E-state index contributed by atoms with van der Waals surface area (Å²) in [4.78, 5) is 13.0. The van der Waals surface area contributed by atoms with E-state index in [4.69, 9.17) is 22.6 Å². The first-order valence-electron chi connectivity index (χ1n) is 13.7. The number of fused-ring (bicyclic) bond motifs is 3. The predicted octanol–water partition coefficient (Wildman–Crippen LogP) is 6.96. The topological polar surface area (TPSA) is 43.6 Å². The third-order valence-electron chi connectivity index (χ3n) is 5.08. The van der Waals surface area contributed by atoms with E-state index in [2.05, 4.69) is 15.0 Å². The Morgan fingerprint density at radius 3 is 1.84 bits per heavy atom. The van der Waals surface area contributed by atoms with Gasteiger partial charge < -0.3 is 0 Å². The number of hydrogen-bond acceptors (Lipinski definition) is 3. The second-order valence-electron chi connectivity index (χ2n) is 6.95. The molecule has 0 spiro atoms. The molecule has 0 amide bonds. The van der Waals surface area contributed by atoms with Crippen LogP contribution in [0.4, 0.5) is 0 Å². The Balaban J connectivity index is 1.67. The molecule has 5 heteroatoms. The number of hydrogen-bond donors (Lipinski definition) is 0. The van der Waals surface area contributed by atoms with Crippen molar-refractivity contribution < 1.29 is 11.0 Å². The van der Waals surface area contributed by atoms with Gasteiger partial charge in [0.1, 0.15) is 0 Å². The lowest BCUT2D eigenvalue weighted by atomic mass is 10.0. The van der Waals surface area contributed by atoms with Gasteiger partial charge in [0.2, 0.25) is 11.2 Å². The SMILES string of the molecule is [2H]c1c([2H])c([2H])c2c(c1[2H])c1c([2H])c([2H])c([2H])c([2H])c1n2-c1nc(Cl)nc(-c2ccc(-c3ccccc3)cc2)n1. The molecule has 0 bridgehead atoms. The van der Waals surface area contributed by atoms with E-state index in [0.29, 0.717) is 5.56 Å². The zero-order valence-electron chi connectivity index (χ0n) is 24.4. The molecule has 0 aliphatic heterocycles. The molecule has 2 aromatic heterocycles. The van der Waals surface area contributed by atoms with Crippen LogP contribution in [0.15, 0.2) is 103 Å². The maximum atomic E-state index is 8.64. The van der Waals surface area contributed by atoms with Gasteiger partial charge in [0.25, 0.3) is 0 Å². The van der Waals surface area contributed by atoms with Crippen molar-refractivity contribution in [1.29, 1.82) is 0 Å². The van der Waals surface area contributed by atoms with E-state index in [-0.39, 0.29) is 38.9 Å². The molecular formula is C27H17ClN4. The molecule has 0 saturated carbocycles. The molecule has 0 radical (unpaired) electrons. The highest BCUT2D eigenvalue weighted by Gasteiger charge is 2.16. The molecule has 6 rings (SSSR count). The van der Waals surface area contributed by atoms with E-state index in [1.807, 2.05) is 54.6 Å². The van der Waals surface area contributed by atoms with Crippen LogP contribution in [0.2, 0.25) is 5.28 Å². The van der Waals surface area contributed by atoms with Crippen LogP contribution in [0.5, 0.6) is 0 Å². The van der Waals surface area contributed by atoms with Crippen LogP contribution in [-0.4, -0.2) is 19.5 Å². The number of para-hydroxylation sites is 2. The summed E-state index contributed by atoms with van der Waals surface area (Å²) < 4.78 is 68.4. The van der Waals surface area contributed by atoms with Crippen LogP contribution in [-0.2, 0) is 0 Å². The van der Waals surface area contributed by atoms with Crippen molar-refractivity contribution in [3.05, 3.63) is 108 Å². The molecule has 0 aliphatic rings. The predicted molar refractivity (Wildman–Crippen MR) is 130 cm³/mol. The van der Waals surface area contributed by atoms with Crippen molar-refractivity contribution in [3.8, 4) is 28.5 Å². The fraction of sp³-hybridized carbons (Fsp3) is 0. The van der Waals surface area contributed by atoms with Gasteiger partial charge in [0, 0.05) is 16.3 Å². The number of aromatic nitrogens is 4. The van der Waals surface area contributed by atoms with E-state index in [9.17, 15) is 0 Å². The van der Waals surface area contributed by atoms with Gasteiger partial charge in [-0.2, -0.15) is 15.0 Å². The minimum Gasteiger partial charge on any atom is -0.278 e. The average molecular weight is 441 g/mol. The molecule has 0 N–H and O–H groups in total. The lowest BCUT2D eigenvalue weighted by molar-refractivity contribution is 0.947. The lowest BCUT2D eigenvalue weighted by Crippen LogP contribution is -2.04. The summed E-state index contributed by atoms with van der Waals surface area (Å²) in [6.45, 7) is 0. The number of nitrogens with zero attached hydrogens (tertiary/aromatic N) is 4. The first kappa shape index (κ1) is 12.1. The van der Waals surface area contributed by atoms with Gasteiger partial charge in [-0.15, -0.1) is 0 Å². The Labute approximate surface area is 201 Å². The maximum absolute atomic E-state index is 8.64. The van der Waals surface area contributed by atoms with Crippen LogP contribution in [0, 0.1) is 0 Å². The molecular weight excluding hydrogens is 416 g/mol. The molecule has 0 fully saturated rings. The van der Waals surface area contributed by atoms with E-state index < -0.39 is 48.3 Å². The molecule has 0 saturated heterocycles. The van der Waals surface area contributed by atoms with Crippen molar-refractivity contribution >= 4 is 33.4 Å². The molecule has 0 unspecified atom stereocenters. The normalized spacial score (nSPS) is 14.8. The second kappa shape index (κ2) is 7.59. The third kappa shape index (κ3) is 3.13.